The number of carbonyl (C=O) groups excluding carboxylic acids is 1. The number of esters is 1. The van der Waals surface area contributed by atoms with Gasteiger partial charge in [0, 0.05) is 6.89 Å². The van der Waals surface area contributed by atoms with Gasteiger partial charge in [0.05, 0.1) is 13.2 Å². The molecule has 0 unspecified atom stereocenters. The highest BCUT2D eigenvalue weighted by molar-refractivity contribution is 7.94. The first-order chi connectivity index (χ1) is 12.3. The molecule has 3 aromatic carbocycles. The van der Waals surface area contributed by atoms with Crippen LogP contribution in [-0.2, 0) is 9.53 Å². The van der Waals surface area contributed by atoms with Gasteiger partial charge < -0.3 is 4.74 Å². The predicted octanol–water partition coefficient (Wildman–Crippen LogP) is 3.11. The van der Waals surface area contributed by atoms with Gasteiger partial charge in [-0.05, 0) is 15.9 Å². The van der Waals surface area contributed by atoms with Gasteiger partial charge in [0.25, 0.3) is 0 Å². The quantitative estimate of drug-likeness (QED) is 0.412. The van der Waals surface area contributed by atoms with Crippen molar-refractivity contribution >= 4 is 34.2 Å². The average molecular weight is 346 g/mol. The molecule has 0 aliphatic carbocycles. The zero-order valence-corrected chi connectivity index (χ0v) is 14.9. The van der Waals surface area contributed by atoms with E-state index in [1.807, 2.05) is 54.6 Å². The Hall–Kier alpha value is -2.79. The lowest BCUT2D eigenvalue weighted by molar-refractivity contribution is -0.134. The summed E-state index contributed by atoms with van der Waals surface area (Å²) in [6, 6.07) is 30.8. The summed E-state index contributed by atoms with van der Waals surface area (Å²) >= 11 is 0. The van der Waals surface area contributed by atoms with Crippen molar-refractivity contribution in [1.82, 2.24) is 0 Å². The lowest BCUT2D eigenvalue weighted by atomic mass is 10.4. The summed E-state index contributed by atoms with van der Waals surface area (Å²) in [4.78, 5) is 11.8. The van der Waals surface area contributed by atoms with Crippen LogP contribution in [0.3, 0.4) is 0 Å². The number of hydrogen-bond donors (Lipinski definition) is 0. The van der Waals surface area contributed by atoms with Gasteiger partial charge in [-0.15, -0.1) is 5.45 Å². The van der Waals surface area contributed by atoms with Crippen molar-refractivity contribution in [3.05, 3.63) is 97.1 Å². The van der Waals surface area contributed by atoms with E-state index in [9.17, 15) is 4.79 Å². The molecule has 0 bridgehead atoms. The van der Waals surface area contributed by atoms with E-state index >= 15 is 0 Å². The molecule has 0 fully saturated rings. The fraction of sp³-hybridized carbons (Fsp3) is 0.0455. The number of carbonyl (C=O) groups is 1. The molecule has 2 nitrogen and oxygen atoms in total. The Balaban J connectivity index is 2.45. The molecular weight excluding hydrogens is 327 g/mol. The molecule has 0 aliphatic rings. The van der Waals surface area contributed by atoms with Gasteiger partial charge in [-0.2, -0.15) is 0 Å². The third-order valence-electron chi connectivity index (χ3n) is 4.01. The summed E-state index contributed by atoms with van der Waals surface area (Å²) in [5.41, 5.74) is 3.44. The molecule has 0 amide bonds. The van der Waals surface area contributed by atoms with Crippen LogP contribution in [0.1, 0.15) is 0 Å². The topological polar surface area (TPSA) is 26.3 Å². The Bertz CT molecular complexity index is 822. The Kier molecular flexibility index (Phi) is 5.36. The van der Waals surface area contributed by atoms with Gasteiger partial charge in [-0.1, -0.05) is 91.0 Å². The summed E-state index contributed by atoms with van der Waals surface area (Å²) in [5, 5.41) is 3.44. The standard InChI is InChI=1S/C22H19O2P/c1-24-22(23)17-18-25(19-11-5-2-6-12-19,20-13-7-3-8-14-20)21-15-9-4-10-16-21/h2-17H,1H3. The molecule has 0 saturated carbocycles. The van der Waals surface area contributed by atoms with Crippen LogP contribution in [0.15, 0.2) is 97.1 Å². The molecule has 124 valence electrons. The van der Waals surface area contributed by atoms with E-state index in [4.69, 9.17) is 4.74 Å². The predicted molar refractivity (Wildman–Crippen MR) is 107 cm³/mol. The summed E-state index contributed by atoms with van der Waals surface area (Å²) < 4.78 is 4.81. The molecule has 0 aliphatic heterocycles. The maximum Gasteiger partial charge on any atom is 0.338 e. The summed E-state index contributed by atoms with van der Waals surface area (Å²) in [7, 11) is 1.38. The molecule has 0 radical (unpaired) electrons. The van der Waals surface area contributed by atoms with E-state index in [2.05, 4.69) is 41.8 Å². The van der Waals surface area contributed by atoms with Crippen LogP contribution in [0.25, 0.3) is 0 Å². The van der Waals surface area contributed by atoms with Gasteiger partial charge in [-0.25, -0.2) is 4.79 Å². The van der Waals surface area contributed by atoms with Gasteiger partial charge in [0.1, 0.15) is 0 Å². The van der Waals surface area contributed by atoms with E-state index < -0.39 is 12.9 Å². The van der Waals surface area contributed by atoms with Crippen molar-refractivity contribution in [3.8, 4) is 0 Å². The van der Waals surface area contributed by atoms with E-state index in [1.165, 1.54) is 13.2 Å². The fourth-order valence-corrected chi connectivity index (χ4v) is 6.33. The largest absolute Gasteiger partial charge is 0.465 e. The number of methoxy groups -OCH3 is 1. The molecule has 25 heavy (non-hydrogen) atoms. The first kappa shape index (κ1) is 17.0. The third-order valence-corrected chi connectivity index (χ3v) is 7.74. The monoisotopic (exact) mass is 346 g/mol. The number of rotatable bonds is 4. The van der Waals surface area contributed by atoms with Crippen molar-refractivity contribution in [2.75, 3.05) is 7.11 Å². The lowest BCUT2D eigenvalue weighted by Gasteiger charge is -2.25. The minimum atomic E-state index is -2.23. The first-order valence-electron chi connectivity index (χ1n) is 8.02. The number of hydrogen-bond acceptors (Lipinski definition) is 2. The van der Waals surface area contributed by atoms with Crippen molar-refractivity contribution in [2.24, 2.45) is 0 Å². The van der Waals surface area contributed by atoms with Crippen LogP contribution in [0.5, 0.6) is 0 Å². The second-order valence-corrected chi connectivity index (χ2v) is 8.62. The summed E-state index contributed by atoms with van der Waals surface area (Å²) in [6.45, 7) is -2.23. The minimum Gasteiger partial charge on any atom is -0.465 e. The van der Waals surface area contributed by atoms with E-state index in [0.717, 1.165) is 15.9 Å². The average Bonchev–Trinajstić information content (AvgIpc) is 2.71. The Labute approximate surface area is 148 Å². The molecular formula is C22H19O2P. The maximum absolute atomic E-state index is 11.8. The zero-order chi connectivity index (χ0) is 17.5. The maximum atomic E-state index is 11.8. The highest BCUT2D eigenvalue weighted by Gasteiger charge is 2.24. The van der Waals surface area contributed by atoms with E-state index in [0.29, 0.717) is 0 Å². The lowest BCUT2D eigenvalue weighted by Crippen LogP contribution is -2.26. The van der Waals surface area contributed by atoms with E-state index in [1.54, 1.807) is 0 Å². The third kappa shape index (κ3) is 3.51. The Morgan fingerprint density at radius 2 is 1.12 bits per heavy atom. The summed E-state index contributed by atoms with van der Waals surface area (Å²) in [6.07, 6.45) is 1.43. The van der Waals surface area contributed by atoms with Crippen LogP contribution in [0, 0.1) is 0 Å². The smallest absolute Gasteiger partial charge is 0.338 e. The molecule has 0 aromatic heterocycles. The molecule has 0 N–H and O–H groups in total. The van der Waals surface area contributed by atoms with Crippen molar-refractivity contribution in [3.63, 3.8) is 0 Å². The molecule has 0 spiro atoms. The number of ether oxygens (including phenoxy) is 1. The SMILES string of the molecule is COC(=O)C=C=P(c1ccccc1)(c1ccccc1)c1ccccc1. The molecule has 3 aromatic rings. The highest BCUT2D eigenvalue weighted by Crippen LogP contribution is 2.42. The van der Waals surface area contributed by atoms with Crippen LogP contribution in [0.4, 0.5) is 0 Å². The van der Waals surface area contributed by atoms with Gasteiger partial charge in [-0.3, -0.25) is 0 Å². The highest BCUT2D eigenvalue weighted by atomic mass is 31.2. The molecule has 3 heteroatoms. The van der Waals surface area contributed by atoms with Gasteiger partial charge in [0.15, 0.2) is 0 Å². The second kappa shape index (κ2) is 7.85. The van der Waals surface area contributed by atoms with Gasteiger partial charge in [0.2, 0.25) is 0 Å². The Morgan fingerprint density at radius 3 is 1.44 bits per heavy atom. The van der Waals surface area contributed by atoms with Crippen molar-refractivity contribution in [2.45, 2.75) is 0 Å². The molecule has 0 heterocycles. The van der Waals surface area contributed by atoms with Crippen molar-refractivity contribution in [1.29, 1.82) is 0 Å². The van der Waals surface area contributed by atoms with Crippen molar-refractivity contribution < 1.29 is 9.53 Å². The van der Waals surface area contributed by atoms with Crippen LogP contribution < -0.4 is 15.9 Å². The molecule has 3 rings (SSSR count). The normalized spacial score (nSPS) is 10.6. The zero-order valence-electron chi connectivity index (χ0n) is 14.0. The Morgan fingerprint density at radius 1 is 0.760 bits per heavy atom. The van der Waals surface area contributed by atoms with E-state index in [-0.39, 0.29) is 0 Å². The molecule has 0 atom stereocenters. The number of benzene rings is 3. The fourth-order valence-electron chi connectivity index (χ4n) is 2.83. The minimum absolute atomic E-state index is 0.396. The summed E-state index contributed by atoms with van der Waals surface area (Å²) in [5.74, 6) is -0.396. The first-order valence-corrected chi connectivity index (χ1v) is 9.81. The van der Waals surface area contributed by atoms with Crippen LogP contribution >= 0.6 is 6.89 Å². The second-order valence-electron chi connectivity index (χ2n) is 5.47. The molecule has 0 saturated heterocycles. The van der Waals surface area contributed by atoms with Gasteiger partial charge >= 0.3 is 5.97 Å². The van der Waals surface area contributed by atoms with Crippen LogP contribution in [-0.4, -0.2) is 18.5 Å². The van der Waals surface area contributed by atoms with Crippen LogP contribution in [0.2, 0.25) is 0 Å².